The van der Waals surface area contributed by atoms with Crippen molar-refractivity contribution in [3.63, 3.8) is 0 Å². The monoisotopic (exact) mass is 327 g/mol. The molecule has 0 radical (unpaired) electrons. The SMILES string of the molecule is CCC1CCCCN1c1cnnc(NCc2ccccc2OC)n1. The number of piperidine rings is 1. The number of hydrogen-bond donors (Lipinski definition) is 1. The van der Waals surface area contributed by atoms with Gasteiger partial charge in [0.2, 0.25) is 5.95 Å². The van der Waals surface area contributed by atoms with Crippen molar-refractivity contribution in [2.75, 3.05) is 23.9 Å². The number of nitrogens with one attached hydrogen (secondary N) is 1. The maximum atomic E-state index is 5.38. The minimum absolute atomic E-state index is 0.553. The van der Waals surface area contributed by atoms with Crippen molar-refractivity contribution in [2.24, 2.45) is 0 Å². The molecule has 3 rings (SSSR count). The Hall–Kier alpha value is -2.37. The second-order valence-corrected chi connectivity index (χ2v) is 6.05. The summed E-state index contributed by atoms with van der Waals surface area (Å²) in [5, 5.41) is 11.5. The van der Waals surface area contributed by atoms with Gasteiger partial charge >= 0.3 is 0 Å². The Kier molecular flexibility index (Phi) is 5.46. The molecule has 1 aromatic heterocycles. The van der Waals surface area contributed by atoms with Crippen LogP contribution in [0.2, 0.25) is 0 Å². The van der Waals surface area contributed by atoms with Crippen LogP contribution in [0.1, 0.15) is 38.2 Å². The lowest BCUT2D eigenvalue weighted by atomic mass is 10.0. The van der Waals surface area contributed by atoms with Crippen LogP contribution in [0.15, 0.2) is 30.5 Å². The minimum Gasteiger partial charge on any atom is -0.496 e. The molecule has 2 heterocycles. The summed E-state index contributed by atoms with van der Waals surface area (Å²) in [4.78, 5) is 7.03. The fourth-order valence-corrected chi connectivity index (χ4v) is 3.26. The van der Waals surface area contributed by atoms with Crippen molar-refractivity contribution < 1.29 is 4.74 Å². The molecule has 1 aromatic carbocycles. The van der Waals surface area contributed by atoms with Crippen molar-refractivity contribution in [3.05, 3.63) is 36.0 Å². The molecule has 1 N–H and O–H groups in total. The molecule has 1 saturated heterocycles. The standard InChI is InChI=1S/C18H25N5O/c1-3-15-9-6-7-11-23(15)17-13-20-22-18(21-17)19-12-14-8-4-5-10-16(14)24-2/h4-5,8,10,13,15H,3,6-7,9,11-12H2,1-2H3,(H,19,21,22). The van der Waals surface area contributed by atoms with Crippen molar-refractivity contribution in [2.45, 2.75) is 45.2 Å². The maximum Gasteiger partial charge on any atom is 0.244 e. The number of anilines is 2. The van der Waals surface area contributed by atoms with Gasteiger partial charge < -0.3 is 15.0 Å². The van der Waals surface area contributed by atoms with Gasteiger partial charge in [0.1, 0.15) is 5.75 Å². The average molecular weight is 327 g/mol. The Balaban J connectivity index is 1.71. The van der Waals surface area contributed by atoms with E-state index in [1.54, 1.807) is 13.3 Å². The van der Waals surface area contributed by atoms with Gasteiger partial charge in [0, 0.05) is 24.7 Å². The summed E-state index contributed by atoms with van der Waals surface area (Å²) in [7, 11) is 1.68. The third kappa shape index (κ3) is 3.75. The molecule has 0 amide bonds. The molecule has 2 aromatic rings. The molecular weight excluding hydrogens is 302 g/mol. The van der Waals surface area contributed by atoms with Crippen molar-refractivity contribution in [1.29, 1.82) is 0 Å². The summed E-state index contributed by atoms with van der Waals surface area (Å²) in [6.45, 7) is 3.88. The lowest BCUT2D eigenvalue weighted by Gasteiger charge is -2.35. The molecule has 6 nitrogen and oxygen atoms in total. The van der Waals surface area contributed by atoms with E-state index in [0.29, 0.717) is 18.5 Å². The summed E-state index contributed by atoms with van der Waals surface area (Å²) in [5.41, 5.74) is 1.07. The Labute approximate surface area is 143 Å². The van der Waals surface area contributed by atoms with Gasteiger partial charge in [-0.05, 0) is 31.7 Å². The van der Waals surface area contributed by atoms with Crippen LogP contribution in [0, 0.1) is 0 Å². The molecule has 1 fully saturated rings. The second kappa shape index (κ2) is 7.95. The van der Waals surface area contributed by atoms with Crippen molar-refractivity contribution >= 4 is 11.8 Å². The van der Waals surface area contributed by atoms with Crippen LogP contribution in [0.5, 0.6) is 5.75 Å². The zero-order valence-electron chi connectivity index (χ0n) is 14.4. The topological polar surface area (TPSA) is 63.2 Å². The first-order valence-electron chi connectivity index (χ1n) is 8.64. The number of nitrogens with zero attached hydrogens (tertiary/aromatic N) is 4. The van der Waals surface area contributed by atoms with Gasteiger partial charge in [-0.3, -0.25) is 0 Å². The molecule has 1 unspecified atom stereocenters. The van der Waals surface area contributed by atoms with Crippen LogP contribution in [-0.4, -0.2) is 34.9 Å². The largest absolute Gasteiger partial charge is 0.496 e. The average Bonchev–Trinajstić information content (AvgIpc) is 2.66. The highest BCUT2D eigenvalue weighted by Gasteiger charge is 2.22. The number of rotatable bonds is 6. The van der Waals surface area contributed by atoms with E-state index in [4.69, 9.17) is 4.74 Å². The van der Waals surface area contributed by atoms with E-state index in [1.165, 1.54) is 19.3 Å². The molecule has 0 saturated carbocycles. The first kappa shape index (κ1) is 16.5. The zero-order chi connectivity index (χ0) is 16.8. The lowest BCUT2D eigenvalue weighted by molar-refractivity contribution is 0.410. The van der Waals surface area contributed by atoms with E-state index in [0.717, 1.165) is 30.1 Å². The molecule has 1 aliphatic rings. The fraction of sp³-hybridized carbons (Fsp3) is 0.500. The van der Waals surface area contributed by atoms with E-state index in [9.17, 15) is 0 Å². The number of aromatic nitrogens is 3. The summed E-state index contributed by atoms with van der Waals surface area (Å²) >= 11 is 0. The summed E-state index contributed by atoms with van der Waals surface area (Å²) in [6, 6.07) is 8.49. The molecular formula is C18H25N5O. The Morgan fingerprint density at radius 1 is 1.29 bits per heavy atom. The van der Waals surface area contributed by atoms with E-state index < -0.39 is 0 Å². The van der Waals surface area contributed by atoms with E-state index in [-0.39, 0.29) is 0 Å². The maximum absolute atomic E-state index is 5.38. The molecule has 1 aliphatic heterocycles. The first-order valence-corrected chi connectivity index (χ1v) is 8.64. The van der Waals surface area contributed by atoms with Gasteiger partial charge in [-0.2, -0.15) is 10.1 Å². The highest BCUT2D eigenvalue weighted by molar-refractivity contribution is 5.43. The molecule has 0 aliphatic carbocycles. The number of ether oxygens (including phenoxy) is 1. The first-order chi connectivity index (χ1) is 11.8. The molecule has 6 heteroatoms. The van der Waals surface area contributed by atoms with Gasteiger partial charge in [0.05, 0.1) is 13.3 Å². The number of para-hydroxylation sites is 1. The van der Waals surface area contributed by atoms with Crippen molar-refractivity contribution in [3.8, 4) is 5.75 Å². The van der Waals surface area contributed by atoms with E-state index in [1.807, 2.05) is 24.3 Å². The van der Waals surface area contributed by atoms with Crippen LogP contribution in [-0.2, 0) is 6.54 Å². The Morgan fingerprint density at radius 2 is 2.17 bits per heavy atom. The van der Waals surface area contributed by atoms with Crippen LogP contribution in [0.4, 0.5) is 11.8 Å². The van der Waals surface area contributed by atoms with Crippen LogP contribution in [0.25, 0.3) is 0 Å². The predicted octanol–water partition coefficient (Wildman–Crippen LogP) is 3.26. The van der Waals surface area contributed by atoms with Crippen LogP contribution < -0.4 is 15.0 Å². The summed E-state index contributed by atoms with van der Waals surface area (Å²) in [6.07, 6.45) is 6.64. The number of benzene rings is 1. The number of hydrogen-bond acceptors (Lipinski definition) is 6. The highest BCUT2D eigenvalue weighted by Crippen LogP contribution is 2.25. The fourth-order valence-electron chi connectivity index (χ4n) is 3.26. The number of methoxy groups -OCH3 is 1. The Bertz CT molecular complexity index is 663. The summed E-state index contributed by atoms with van der Waals surface area (Å²) in [5.74, 6) is 2.33. The van der Waals surface area contributed by atoms with Gasteiger partial charge in [-0.1, -0.05) is 25.1 Å². The van der Waals surface area contributed by atoms with Crippen molar-refractivity contribution in [1.82, 2.24) is 15.2 Å². The third-order valence-corrected chi connectivity index (χ3v) is 4.57. The van der Waals surface area contributed by atoms with Crippen LogP contribution in [0.3, 0.4) is 0 Å². The van der Waals surface area contributed by atoms with E-state index >= 15 is 0 Å². The van der Waals surface area contributed by atoms with Gasteiger partial charge in [0.15, 0.2) is 5.82 Å². The van der Waals surface area contributed by atoms with Crippen LogP contribution >= 0.6 is 0 Å². The predicted molar refractivity (Wildman–Crippen MR) is 95.4 cm³/mol. The Morgan fingerprint density at radius 3 is 3.00 bits per heavy atom. The zero-order valence-corrected chi connectivity index (χ0v) is 14.4. The summed E-state index contributed by atoms with van der Waals surface area (Å²) < 4.78 is 5.38. The quantitative estimate of drug-likeness (QED) is 0.878. The minimum atomic E-state index is 0.553. The van der Waals surface area contributed by atoms with Gasteiger partial charge in [-0.15, -0.1) is 5.10 Å². The van der Waals surface area contributed by atoms with E-state index in [2.05, 4.69) is 32.3 Å². The molecule has 1 atom stereocenters. The van der Waals surface area contributed by atoms with Gasteiger partial charge in [-0.25, -0.2) is 0 Å². The van der Waals surface area contributed by atoms with Gasteiger partial charge in [0.25, 0.3) is 0 Å². The molecule has 24 heavy (non-hydrogen) atoms. The molecule has 0 spiro atoms. The second-order valence-electron chi connectivity index (χ2n) is 6.05. The molecule has 0 bridgehead atoms. The highest BCUT2D eigenvalue weighted by atomic mass is 16.5. The lowest BCUT2D eigenvalue weighted by Crippen LogP contribution is -2.39. The molecule has 128 valence electrons. The normalized spacial score (nSPS) is 17.6. The smallest absolute Gasteiger partial charge is 0.244 e. The third-order valence-electron chi connectivity index (χ3n) is 4.57.